The van der Waals surface area contributed by atoms with E-state index in [2.05, 4.69) is 15.7 Å². The third-order valence-corrected chi connectivity index (χ3v) is 5.36. The minimum atomic E-state index is -0.682. The molecular weight excluding hydrogens is 388 g/mol. The quantitative estimate of drug-likeness (QED) is 0.648. The predicted octanol–water partition coefficient (Wildman–Crippen LogP) is 4.60. The van der Waals surface area contributed by atoms with Crippen LogP contribution in [0.2, 0.25) is 5.02 Å². The smallest absolute Gasteiger partial charge is 0.251 e. The first-order chi connectivity index (χ1) is 14.0. The van der Waals surface area contributed by atoms with Crippen LogP contribution in [-0.2, 0) is 16.0 Å². The van der Waals surface area contributed by atoms with Gasteiger partial charge in [0, 0.05) is 16.3 Å². The van der Waals surface area contributed by atoms with Crippen LogP contribution in [0.15, 0.2) is 48.5 Å². The average Bonchev–Trinajstić information content (AvgIpc) is 3.17. The van der Waals surface area contributed by atoms with Crippen molar-refractivity contribution >= 4 is 34.9 Å². The number of nitrogens with zero attached hydrogens (tertiary/aromatic N) is 2. The molecule has 6 nitrogen and oxygen atoms in total. The Labute approximate surface area is 173 Å². The van der Waals surface area contributed by atoms with E-state index in [1.165, 1.54) is 0 Å². The van der Waals surface area contributed by atoms with E-state index in [1.807, 2.05) is 50.2 Å². The Bertz CT molecular complexity index is 1090. The normalized spacial score (nSPS) is 15.1. The lowest BCUT2D eigenvalue weighted by Gasteiger charge is -2.12. The molecule has 3 aromatic rings. The van der Waals surface area contributed by atoms with Crippen LogP contribution in [0.4, 0.5) is 11.5 Å². The van der Waals surface area contributed by atoms with Crippen LogP contribution in [0.5, 0.6) is 0 Å². The molecule has 0 saturated carbocycles. The van der Waals surface area contributed by atoms with Gasteiger partial charge in [-0.15, -0.1) is 0 Å². The molecule has 2 amide bonds. The lowest BCUT2D eigenvalue weighted by atomic mass is 10.1. The number of carbonyl (C=O) groups excluding carboxylic acids is 2. The average molecular weight is 409 g/mol. The van der Waals surface area contributed by atoms with Crippen LogP contribution in [0.25, 0.3) is 11.1 Å². The van der Waals surface area contributed by atoms with Gasteiger partial charge in [0.2, 0.25) is 5.91 Å². The van der Waals surface area contributed by atoms with Crippen molar-refractivity contribution in [1.29, 1.82) is 0 Å². The first-order valence-corrected chi connectivity index (χ1v) is 9.89. The lowest BCUT2D eigenvalue weighted by Crippen LogP contribution is -2.24. The van der Waals surface area contributed by atoms with Crippen LogP contribution in [0, 0.1) is 6.92 Å². The second-order valence-electron chi connectivity index (χ2n) is 7.03. The number of halogens is 1. The molecule has 1 aromatic heterocycles. The maximum atomic E-state index is 12.6. The molecule has 7 heteroatoms. The van der Waals surface area contributed by atoms with Crippen molar-refractivity contribution in [2.24, 2.45) is 0 Å². The Hall–Kier alpha value is -3.12. The number of benzene rings is 2. The van der Waals surface area contributed by atoms with E-state index in [1.54, 1.807) is 16.8 Å². The lowest BCUT2D eigenvalue weighted by molar-refractivity contribution is -0.123. The predicted molar refractivity (Wildman–Crippen MR) is 114 cm³/mol. The Kier molecular flexibility index (Phi) is 5.11. The Balaban J connectivity index is 1.58. The van der Waals surface area contributed by atoms with Crippen molar-refractivity contribution in [2.75, 3.05) is 10.6 Å². The molecule has 2 heterocycles. The fraction of sp³-hybridized carbons (Fsp3) is 0.227. The zero-order valence-corrected chi connectivity index (χ0v) is 17.0. The van der Waals surface area contributed by atoms with Gasteiger partial charge in [0.1, 0.15) is 11.9 Å². The first-order valence-electron chi connectivity index (χ1n) is 9.51. The summed E-state index contributed by atoms with van der Waals surface area (Å²) in [5, 5.41) is 11.0. The number of nitrogens with one attached hydrogen (secondary N) is 2. The van der Waals surface area contributed by atoms with Crippen molar-refractivity contribution in [1.82, 2.24) is 9.78 Å². The van der Waals surface area contributed by atoms with E-state index >= 15 is 0 Å². The Morgan fingerprint density at radius 2 is 1.93 bits per heavy atom. The highest BCUT2D eigenvalue weighted by Crippen LogP contribution is 2.38. The summed E-state index contributed by atoms with van der Waals surface area (Å²) in [6.45, 7) is 3.92. The van der Waals surface area contributed by atoms with Gasteiger partial charge in [0.25, 0.3) is 5.91 Å². The summed E-state index contributed by atoms with van der Waals surface area (Å²) < 4.78 is 1.62. The van der Waals surface area contributed by atoms with Gasteiger partial charge in [-0.1, -0.05) is 48.9 Å². The number of anilines is 2. The third kappa shape index (κ3) is 3.63. The maximum Gasteiger partial charge on any atom is 0.251 e. The summed E-state index contributed by atoms with van der Waals surface area (Å²) in [6.07, 6.45) is 0.825. The number of aryl methyl sites for hydroxylation is 2. The maximum absolute atomic E-state index is 12.6. The third-order valence-electron chi connectivity index (χ3n) is 5.11. The molecule has 0 spiro atoms. The van der Waals surface area contributed by atoms with Crippen molar-refractivity contribution < 1.29 is 9.59 Å². The minimum absolute atomic E-state index is 0.0120. The molecule has 0 fully saturated rings. The fourth-order valence-electron chi connectivity index (χ4n) is 3.67. The molecule has 0 bridgehead atoms. The molecule has 4 rings (SSSR count). The molecule has 0 aliphatic carbocycles. The summed E-state index contributed by atoms with van der Waals surface area (Å²) in [4.78, 5) is 25.2. The van der Waals surface area contributed by atoms with Gasteiger partial charge >= 0.3 is 0 Å². The molecule has 1 atom stereocenters. The number of hydrogen-bond donors (Lipinski definition) is 2. The van der Waals surface area contributed by atoms with Gasteiger partial charge in [-0.05, 0) is 42.7 Å². The highest BCUT2D eigenvalue weighted by atomic mass is 35.5. The number of carbonyl (C=O) groups is 2. The standard InChI is InChI=1S/C22H21ClN4O2/c1-3-14-6-4-5-7-17(14)24-19(28)12-18-22(29)25-21-20(13(2)26-27(18)21)15-8-10-16(23)11-9-15/h4-11,18H,3,12H2,1-2H3,(H,24,28)(H,25,29). The van der Waals surface area contributed by atoms with Gasteiger partial charge in [-0.25, -0.2) is 4.68 Å². The molecule has 0 saturated heterocycles. The zero-order valence-electron chi connectivity index (χ0n) is 16.2. The Morgan fingerprint density at radius 1 is 1.21 bits per heavy atom. The summed E-state index contributed by atoms with van der Waals surface area (Å²) in [5.74, 6) is 0.156. The van der Waals surface area contributed by atoms with E-state index in [-0.39, 0.29) is 18.2 Å². The molecule has 2 aromatic carbocycles. The highest BCUT2D eigenvalue weighted by Gasteiger charge is 2.36. The summed E-state index contributed by atoms with van der Waals surface area (Å²) >= 11 is 5.99. The van der Waals surface area contributed by atoms with E-state index in [0.29, 0.717) is 10.8 Å². The molecular formula is C22H21ClN4O2. The molecule has 29 heavy (non-hydrogen) atoms. The molecule has 1 unspecified atom stereocenters. The van der Waals surface area contributed by atoms with Crippen molar-refractivity contribution in [2.45, 2.75) is 32.7 Å². The number of rotatable bonds is 5. The fourth-order valence-corrected chi connectivity index (χ4v) is 3.80. The van der Waals surface area contributed by atoms with Crippen LogP contribution in [0.3, 0.4) is 0 Å². The Morgan fingerprint density at radius 3 is 2.66 bits per heavy atom. The van der Waals surface area contributed by atoms with Gasteiger partial charge in [0.05, 0.1) is 12.1 Å². The summed E-state index contributed by atoms with van der Waals surface area (Å²) in [6, 6.07) is 14.4. The molecule has 2 N–H and O–H groups in total. The van der Waals surface area contributed by atoms with E-state index in [0.717, 1.165) is 34.5 Å². The second-order valence-corrected chi connectivity index (χ2v) is 7.46. The number of amides is 2. The molecule has 0 radical (unpaired) electrons. The first kappa shape index (κ1) is 19.2. The number of fused-ring (bicyclic) bond motifs is 1. The van der Waals surface area contributed by atoms with Crippen LogP contribution < -0.4 is 10.6 Å². The zero-order chi connectivity index (χ0) is 20.5. The van der Waals surface area contributed by atoms with Crippen molar-refractivity contribution in [3.63, 3.8) is 0 Å². The van der Waals surface area contributed by atoms with Crippen LogP contribution in [-0.4, -0.2) is 21.6 Å². The molecule has 148 valence electrons. The van der Waals surface area contributed by atoms with Gasteiger partial charge in [-0.2, -0.15) is 5.10 Å². The minimum Gasteiger partial charge on any atom is -0.326 e. The molecule has 1 aliphatic rings. The van der Waals surface area contributed by atoms with Gasteiger partial charge in [0.15, 0.2) is 0 Å². The summed E-state index contributed by atoms with van der Waals surface area (Å²) in [7, 11) is 0. The van der Waals surface area contributed by atoms with Crippen LogP contribution in [0.1, 0.15) is 30.6 Å². The van der Waals surface area contributed by atoms with E-state index < -0.39 is 6.04 Å². The van der Waals surface area contributed by atoms with Gasteiger partial charge in [-0.3, -0.25) is 9.59 Å². The topological polar surface area (TPSA) is 76.0 Å². The SMILES string of the molecule is CCc1ccccc1NC(=O)CC1C(=O)Nc2c(-c3ccc(Cl)cc3)c(C)nn21. The highest BCUT2D eigenvalue weighted by molar-refractivity contribution is 6.30. The number of para-hydroxylation sites is 1. The largest absolute Gasteiger partial charge is 0.326 e. The second kappa shape index (κ2) is 7.72. The molecule has 1 aliphatic heterocycles. The van der Waals surface area contributed by atoms with Gasteiger partial charge < -0.3 is 10.6 Å². The van der Waals surface area contributed by atoms with Crippen molar-refractivity contribution in [3.05, 3.63) is 64.8 Å². The number of hydrogen-bond acceptors (Lipinski definition) is 3. The number of aromatic nitrogens is 2. The summed E-state index contributed by atoms with van der Waals surface area (Å²) in [5.41, 5.74) is 4.36. The monoisotopic (exact) mass is 408 g/mol. The van der Waals surface area contributed by atoms with Crippen molar-refractivity contribution in [3.8, 4) is 11.1 Å². The van der Waals surface area contributed by atoms with E-state index in [9.17, 15) is 9.59 Å². The van der Waals surface area contributed by atoms with E-state index in [4.69, 9.17) is 11.6 Å². The van der Waals surface area contributed by atoms with Crippen LogP contribution >= 0.6 is 11.6 Å².